The van der Waals surface area contributed by atoms with Crippen molar-refractivity contribution in [1.82, 2.24) is 10.2 Å². The molecule has 9 heteroatoms. The van der Waals surface area contributed by atoms with Crippen LogP contribution in [0.2, 0.25) is 0 Å². The number of thioether (sulfide) groups is 1. The number of carbonyl (C=O) groups excluding carboxylic acids is 2. The first-order chi connectivity index (χ1) is 12.3. The normalized spacial score (nSPS) is 24.3. The quantitative estimate of drug-likeness (QED) is 0.603. The molecule has 6 nitrogen and oxygen atoms in total. The Labute approximate surface area is 161 Å². The SMILES string of the molecule is C[C@@H](C(=O)N[C@@H]1C=CS(=O)(=O)C1)N1C(=O)/C(=C\c2ccccc2)SC1=S. The summed E-state index contributed by atoms with van der Waals surface area (Å²) >= 11 is 6.41. The summed E-state index contributed by atoms with van der Waals surface area (Å²) in [7, 11) is -3.27. The van der Waals surface area contributed by atoms with Gasteiger partial charge in [0, 0.05) is 5.41 Å². The third kappa shape index (κ3) is 4.05. The smallest absolute Gasteiger partial charge is 0.266 e. The number of nitrogens with zero attached hydrogens (tertiary/aromatic N) is 1. The molecule has 2 atom stereocenters. The van der Waals surface area contributed by atoms with Gasteiger partial charge >= 0.3 is 0 Å². The summed E-state index contributed by atoms with van der Waals surface area (Å²) in [5, 5.41) is 3.72. The fourth-order valence-corrected chi connectivity index (χ4v) is 5.25. The van der Waals surface area contributed by atoms with Crippen LogP contribution in [0.15, 0.2) is 46.7 Å². The number of hydrogen-bond acceptors (Lipinski definition) is 6. The fourth-order valence-electron chi connectivity index (χ4n) is 2.60. The molecule has 0 aliphatic carbocycles. The van der Waals surface area contributed by atoms with Crippen molar-refractivity contribution in [1.29, 1.82) is 0 Å². The summed E-state index contributed by atoms with van der Waals surface area (Å²) < 4.78 is 23.2. The third-order valence-corrected chi connectivity index (χ3v) is 6.67. The van der Waals surface area contributed by atoms with Gasteiger partial charge in [-0.05, 0) is 24.6 Å². The predicted octanol–water partition coefficient (Wildman–Crippen LogP) is 1.70. The monoisotopic (exact) mass is 408 g/mol. The number of benzene rings is 1. The minimum atomic E-state index is -3.27. The molecule has 136 valence electrons. The van der Waals surface area contributed by atoms with Crippen LogP contribution in [0.1, 0.15) is 12.5 Å². The maximum Gasteiger partial charge on any atom is 0.266 e. The lowest BCUT2D eigenvalue weighted by atomic mass is 10.2. The van der Waals surface area contributed by atoms with Crippen LogP contribution in [-0.2, 0) is 19.4 Å². The topological polar surface area (TPSA) is 83.6 Å². The Hall–Kier alpha value is -1.97. The molecular formula is C17H16N2O4S3. The van der Waals surface area contributed by atoms with Crippen LogP contribution in [-0.4, -0.2) is 47.3 Å². The molecule has 26 heavy (non-hydrogen) atoms. The van der Waals surface area contributed by atoms with Crippen LogP contribution < -0.4 is 5.32 Å². The molecule has 1 aromatic carbocycles. The third-order valence-electron chi connectivity index (χ3n) is 3.95. The zero-order valence-electron chi connectivity index (χ0n) is 13.8. The first kappa shape index (κ1) is 18.8. The molecule has 0 saturated carbocycles. The van der Waals surface area contributed by atoms with Crippen LogP contribution in [0.3, 0.4) is 0 Å². The van der Waals surface area contributed by atoms with Crippen LogP contribution in [0.4, 0.5) is 0 Å². The largest absolute Gasteiger partial charge is 0.347 e. The van der Waals surface area contributed by atoms with Gasteiger partial charge in [-0.1, -0.05) is 54.3 Å². The van der Waals surface area contributed by atoms with E-state index in [1.54, 1.807) is 13.0 Å². The minimum absolute atomic E-state index is 0.169. The highest BCUT2D eigenvalue weighted by Gasteiger charge is 2.38. The van der Waals surface area contributed by atoms with E-state index in [1.807, 2.05) is 30.3 Å². The molecule has 1 fully saturated rings. The van der Waals surface area contributed by atoms with E-state index in [2.05, 4.69) is 5.32 Å². The lowest BCUT2D eigenvalue weighted by Crippen LogP contribution is -2.49. The zero-order valence-corrected chi connectivity index (χ0v) is 16.2. The summed E-state index contributed by atoms with van der Waals surface area (Å²) in [5.74, 6) is -0.951. The van der Waals surface area contributed by atoms with Crippen LogP contribution in [0.5, 0.6) is 0 Å². The maximum atomic E-state index is 12.7. The van der Waals surface area contributed by atoms with E-state index in [4.69, 9.17) is 12.2 Å². The molecule has 0 aromatic heterocycles. The number of rotatable bonds is 4. The summed E-state index contributed by atoms with van der Waals surface area (Å²) in [6, 6.07) is 7.93. The van der Waals surface area contributed by atoms with Crippen molar-refractivity contribution in [3.63, 3.8) is 0 Å². The number of nitrogens with one attached hydrogen (secondary N) is 1. The summed E-state index contributed by atoms with van der Waals surface area (Å²) in [5.41, 5.74) is 0.867. The van der Waals surface area contributed by atoms with Crippen molar-refractivity contribution in [2.24, 2.45) is 0 Å². The Morgan fingerprint density at radius 1 is 1.38 bits per heavy atom. The predicted molar refractivity (Wildman–Crippen MR) is 106 cm³/mol. The number of hydrogen-bond donors (Lipinski definition) is 1. The van der Waals surface area contributed by atoms with E-state index in [9.17, 15) is 18.0 Å². The molecule has 2 aliphatic rings. The van der Waals surface area contributed by atoms with Crippen LogP contribution in [0.25, 0.3) is 6.08 Å². The molecule has 1 aromatic rings. The maximum absolute atomic E-state index is 12.7. The molecule has 1 saturated heterocycles. The zero-order chi connectivity index (χ0) is 18.9. The number of carbonyl (C=O) groups is 2. The molecule has 0 unspecified atom stereocenters. The van der Waals surface area contributed by atoms with Gasteiger partial charge in [0.2, 0.25) is 5.91 Å². The lowest BCUT2D eigenvalue weighted by Gasteiger charge is -2.23. The van der Waals surface area contributed by atoms with Gasteiger partial charge in [0.15, 0.2) is 9.84 Å². The van der Waals surface area contributed by atoms with Crippen molar-refractivity contribution < 1.29 is 18.0 Å². The van der Waals surface area contributed by atoms with Gasteiger partial charge < -0.3 is 5.32 Å². The second kappa shape index (κ2) is 7.34. The highest BCUT2D eigenvalue weighted by molar-refractivity contribution is 8.26. The molecule has 0 spiro atoms. The molecule has 0 bridgehead atoms. The van der Waals surface area contributed by atoms with Gasteiger partial charge in [-0.15, -0.1) is 0 Å². The van der Waals surface area contributed by atoms with Crippen molar-refractivity contribution in [2.75, 3.05) is 5.75 Å². The lowest BCUT2D eigenvalue weighted by molar-refractivity contribution is -0.132. The van der Waals surface area contributed by atoms with E-state index >= 15 is 0 Å². The van der Waals surface area contributed by atoms with Gasteiger partial charge in [-0.25, -0.2) is 8.42 Å². The second-order valence-electron chi connectivity index (χ2n) is 5.91. The van der Waals surface area contributed by atoms with Gasteiger partial charge in [-0.3, -0.25) is 14.5 Å². The molecular weight excluding hydrogens is 392 g/mol. The Morgan fingerprint density at radius 2 is 2.08 bits per heavy atom. The van der Waals surface area contributed by atoms with E-state index in [1.165, 1.54) is 11.0 Å². The van der Waals surface area contributed by atoms with E-state index < -0.39 is 27.8 Å². The van der Waals surface area contributed by atoms with Gasteiger partial charge in [0.05, 0.1) is 16.7 Å². The highest BCUT2D eigenvalue weighted by Crippen LogP contribution is 2.34. The Balaban J connectivity index is 1.71. The number of thiocarbonyl (C=S) groups is 1. The van der Waals surface area contributed by atoms with Crippen molar-refractivity contribution in [2.45, 2.75) is 19.0 Å². The van der Waals surface area contributed by atoms with Crippen LogP contribution in [0, 0.1) is 0 Å². The van der Waals surface area contributed by atoms with E-state index in [0.29, 0.717) is 9.23 Å². The Kier molecular flexibility index (Phi) is 5.31. The van der Waals surface area contributed by atoms with Crippen molar-refractivity contribution in [3.05, 3.63) is 52.3 Å². The van der Waals surface area contributed by atoms with Crippen molar-refractivity contribution >= 4 is 56.0 Å². The minimum Gasteiger partial charge on any atom is -0.347 e. The molecule has 0 radical (unpaired) electrons. The molecule has 1 N–H and O–H groups in total. The standard InChI is InChI=1S/C17H16N2O4S3/c1-11(15(20)18-13-7-8-26(22,23)10-13)19-16(21)14(25-17(19)24)9-12-5-3-2-4-6-12/h2-9,11,13H,10H2,1H3,(H,18,20)/b14-9+/t11-,13+/m0/s1. The van der Waals surface area contributed by atoms with E-state index in [0.717, 1.165) is 22.7 Å². The summed E-state index contributed by atoms with van der Waals surface area (Å²) in [6.45, 7) is 1.57. The Morgan fingerprint density at radius 3 is 2.69 bits per heavy atom. The summed E-state index contributed by atoms with van der Waals surface area (Å²) in [4.78, 5) is 26.8. The molecule has 3 rings (SSSR count). The van der Waals surface area contributed by atoms with Gasteiger partial charge in [0.25, 0.3) is 5.91 Å². The highest BCUT2D eigenvalue weighted by atomic mass is 32.2. The number of sulfone groups is 1. The Bertz CT molecular complexity index is 923. The first-order valence-corrected chi connectivity index (χ1v) is 10.7. The summed E-state index contributed by atoms with van der Waals surface area (Å²) in [6.07, 6.45) is 3.16. The average Bonchev–Trinajstić information content (AvgIpc) is 3.06. The number of amides is 2. The van der Waals surface area contributed by atoms with Crippen LogP contribution >= 0.6 is 24.0 Å². The first-order valence-electron chi connectivity index (χ1n) is 7.80. The van der Waals surface area contributed by atoms with Crippen molar-refractivity contribution in [3.8, 4) is 0 Å². The fraction of sp³-hybridized carbons (Fsp3) is 0.235. The van der Waals surface area contributed by atoms with E-state index in [-0.39, 0.29) is 11.7 Å². The van der Waals surface area contributed by atoms with Gasteiger partial charge in [-0.2, -0.15) is 0 Å². The van der Waals surface area contributed by atoms with Gasteiger partial charge in [0.1, 0.15) is 10.4 Å². The molecule has 2 heterocycles. The second-order valence-corrected chi connectivity index (χ2v) is 9.52. The average molecular weight is 409 g/mol. The molecule has 2 aliphatic heterocycles. The molecule has 2 amide bonds.